The maximum Gasteiger partial charge on any atom is 0.263 e. The molecule has 0 spiro atoms. The van der Waals surface area contributed by atoms with Crippen LogP contribution in [0.2, 0.25) is 0 Å². The number of aromatic nitrogens is 2. The van der Waals surface area contributed by atoms with Crippen LogP contribution >= 0.6 is 23.1 Å². The molecule has 1 aromatic carbocycles. The highest BCUT2D eigenvalue weighted by atomic mass is 32.2. The number of nitrogens with zero attached hydrogens (tertiary/aromatic N) is 2. The van der Waals surface area contributed by atoms with E-state index < -0.39 is 0 Å². The van der Waals surface area contributed by atoms with Crippen LogP contribution in [0.25, 0.3) is 10.2 Å². The van der Waals surface area contributed by atoms with Crippen LogP contribution in [0.15, 0.2) is 46.9 Å². The topological polar surface area (TPSA) is 53.4 Å². The summed E-state index contributed by atoms with van der Waals surface area (Å²) in [4.78, 5) is 19.6. The second-order valence-corrected chi connectivity index (χ2v) is 8.20. The molecule has 3 rings (SSSR count). The maximum absolute atomic E-state index is 12.9. The van der Waals surface area contributed by atoms with E-state index in [0.717, 1.165) is 32.2 Å². The molecule has 0 aliphatic heterocycles. The van der Waals surface area contributed by atoms with Crippen LogP contribution in [0.1, 0.15) is 10.4 Å². The lowest BCUT2D eigenvalue weighted by Crippen LogP contribution is -2.23. The molecule has 0 unspecified atom stereocenters. The molecule has 0 fully saturated rings. The van der Waals surface area contributed by atoms with E-state index in [0.29, 0.717) is 24.1 Å². The highest BCUT2D eigenvalue weighted by Gasteiger charge is 2.16. The van der Waals surface area contributed by atoms with E-state index in [4.69, 9.17) is 14.5 Å². The number of allylic oxidation sites excluding steroid dienone is 1. The van der Waals surface area contributed by atoms with E-state index in [9.17, 15) is 4.79 Å². The first-order valence-corrected chi connectivity index (χ1v) is 10.4. The SMILES string of the molecule is C=CCn1c(SCCOc2ccc(OC)cc2)nc2sc(C)c(C)c2c1=O. The molecule has 7 heteroatoms. The molecule has 0 radical (unpaired) electrons. The lowest BCUT2D eigenvalue weighted by atomic mass is 10.2. The number of fused-ring (bicyclic) bond motifs is 1. The quantitative estimate of drug-likeness (QED) is 0.241. The number of hydrogen-bond acceptors (Lipinski definition) is 6. The van der Waals surface area contributed by atoms with E-state index in [1.165, 1.54) is 11.8 Å². The zero-order chi connectivity index (χ0) is 19.4. The van der Waals surface area contributed by atoms with Crippen molar-refractivity contribution in [1.82, 2.24) is 9.55 Å². The Morgan fingerprint density at radius 1 is 1.26 bits per heavy atom. The maximum atomic E-state index is 12.9. The average molecular weight is 403 g/mol. The normalized spacial score (nSPS) is 10.9. The Morgan fingerprint density at radius 2 is 1.96 bits per heavy atom. The van der Waals surface area contributed by atoms with Gasteiger partial charge in [0.25, 0.3) is 5.56 Å². The lowest BCUT2D eigenvalue weighted by molar-refractivity contribution is 0.342. The fraction of sp³-hybridized carbons (Fsp3) is 0.300. The number of rotatable bonds is 8. The van der Waals surface area contributed by atoms with Crippen molar-refractivity contribution >= 4 is 33.3 Å². The second-order valence-electron chi connectivity index (χ2n) is 5.93. The number of thiophene rings is 1. The first-order chi connectivity index (χ1) is 13.0. The van der Waals surface area contributed by atoms with Gasteiger partial charge in [-0.3, -0.25) is 9.36 Å². The smallest absolute Gasteiger partial charge is 0.263 e. The van der Waals surface area contributed by atoms with Gasteiger partial charge in [-0.15, -0.1) is 17.9 Å². The van der Waals surface area contributed by atoms with E-state index in [2.05, 4.69) is 6.58 Å². The lowest BCUT2D eigenvalue weighted by Gasteiger charge is -2.11. The number of ether oxygens (including phenoxy) is 2. The van der Waals surface area contributed by atoms with Crippen LogP contribution in [0.3, 0.4) is 0 Å². The molecule has 0 atom stereocenters. The highest BCUT2D eigenvalue weighted by molar-refractivity contribution is 7.99. The molecule has 0 aliphatic rings. The van der Waals surface area contributed by atoms with Crippen LogP contribution in [0.4, 0.5) is 0 Å². The van der Waals surface area contributed by atoms with Crippen molar-refractivity contribution in [3.63, 3.8) is 0 Å². The first kappa shape index (κ1) is 19.5. The summed E-state index contributed by atoms with van der Waals surface area (Å²) in [5, 5.41) is 1.42. The van der Waals surface area contributed by atoms with Crippen LogP contribution in [-0.2, 0) is 6.54 Å². The summed E-state index contributed by atoms with van der Waals surface area (Å²) >= 11 is 3.09. The Morgan fingerprint density at radius 3 is 2.63 bits per heavy atom. The standard InChI is InChI=1S/C20H22N2O3S2/c1-5-10-22-19(23)17-13(2)14(3)27-18(17)21-20(22)26-12-11-25-16-8-6-15(24-4)7-9-16/h5-9H,1,10-12H2,2-4H3. The third-order valence-electron chi connectivity index (χ3n) is 4.21. The van der Waals surface area contributed by atoms with Gasteiger partial charge in [0, 0.05) is 17.2 Å². The predicted octanol–water partition coefficient (Wildman–Crippen LogP) is 4.44. The van der Waals surface area contributed by atoms with Crippen molar-refractivity contribution in [2.45, 2.75) is 25.5 Å². The van der Waals surface area contributed by atoms with E-state index in [1.54, 1.807) is 29.1 Å². The third kappa shape index (κ3) is 4.20. The molecule has 0 amide bonds. The number of benzene rings is 1. The molecule has 2 aromatic heterocycles. The average Bonchev–Trinajstić information content (AvgIpc) is 2.96. The second kappa shape index (κ2) is 8.63. The Hall–Kier alpha value is -2.25. The van der Waals surface area contributed by atoms with Gasteiger partial charge in [0.2, 0.25) is 0 Å². The van der Waals surface area contributed by atoms with Gasteiger partial charge in [0.05, 0.1) is 19.1 Å². The van der Waals surface area contributed by atoms with Crippen LogP contribution in [-0.4, -0.2) is 29.0 Å². The molecule has 0 N–H and O–H groups in total. The Balaban J connectivity index is 1.74. The van der Waals surface area contributed by atoms with Crippen molar-refractivity contribution in [3.8, 4) is 11.5 Å². The largest absolute Gasteiger partial charge is 0.497 e. The van der Waals surface area contributed by atoms with Gasteiger partial charge in [-0.05, 0) is 43.7 Å². The molecule has 0 saturated heterocycles. The van der Waals surface area contributed by atoms with Crippen LogP contribution < -0.4 is 15.0 Å². The Labute approximate surface area is 166 Å². The molecule has 3 aromatic rings. The number of aryl methyl sites for hydroxylation is 2. The third-order valence-corrected chi connectivity index (χ3v) is 6.25. The van der Waals surface area contributed by atoms with Crippen molar-refractivity contribution < 1.29 is 9.47 Å². The van der Waals surface area contributed by atoms with Gasteiger partial charge in [0.15, 0.2) is 5.16 Å². The van der Waals surface area contributed by atoms with E-state index in [-0.39, 0.29) is 5.56 Å². The number of methoxy groups -OCH3 is 1. The van der Waals surface area contributed by atoms with Gasteiger partial charge < -0.3 is 9.47 Å². The Kier molecular flexibility index (Phi) is 6.23. The minimum atomic E-state index is 0.000299. The summed E-state index contributed by atoms with van der Waals surface area (Å²) in [6.07, 6.45) is 1.72. The summed E-state index contributed by atoms with van der Waals surface area (Å²) in [6, 6.07) is 7.47. The number of thioether (sulfide) groups is 1. The summed E-state index contributed by atoms with van der Waals surface area (Å²) in [5.41, 5.74) is 1.02. The van der Waals surface area contributed by atoms with Crippen molar-refractivity contribution in [1.29, 1.82) is 0 Å². The molecule has 0 saturated carbocycles. The molecule has 0 bridgehead atoms. The van der Waals surface area contributed by atoms with Gasteiger partial charge >= 0.3 is 0 Å². The summed E-state index contributed by atoms with van der Waals surface area (Å²) < 4.78 is 12.6. The minimum absolute atomic E-state index is 0.000299. The molecule has 0 aliphatic carbocycles. The summed E-state index contributed by atoms with van der Waals surface area (Å²) in [6.45, 7) is 8.72. The molecule has 5 nitrogen and oxygen atoms in total. The molecule has 27 heavy (non-hydrogen) atoms. The van der Waals surface area contributed by atoms with Gasteiger partial charge in [-0.1, -0.05) is 17.8 Å². The van der Waals surface area contributed by atoms with Gasteiger partial charge in [0.1, 0.15) is 16.3 Å². The fourth-order valence-electron chi connectivity index (χ4n) is 2.67. The van der Waals surface area contributed by atoms with Crippen LogP contribution in [0.5, 0.6) is 11.5 Å². The monoisotopic (exact) mass is 402 g/mol. The van der Waals surface area contributed by atoms with Crippen molar-refractivity contribution in [2.75, 3.05) is 19.5 Å². The zero-order valence-electron chi connectivity index (χ0n) is 15.7. The Bertz CT molecular complexity index is 1010. The van der Waals surface area contributed by atoms with Gasteiger partial charge in [-0.25, -0.2) is 4.98 Å². The molecule has 2 heterocycles. The van der Waals surface area contributed by atoms with E-state index >= 15 is 0 Å². The highest BCUT2D eigenvalue weighted by Crippen LogP contribution is 2.28. The van der Waals surface area contributed by atoms with Crippen molar-refractivity contribution in [3.05, 3.63) is 57.7 Å². The predicted molar refractivity (Wildman–Crippen MR) is 113 cm³/mol. The molecular weight excluding hydrogens is 380 g/mol. The molecule has 142 valence electrons. The summed E-state index contributed by atoms with van der Waals surface area (Å²) in [7, 11) is 1.63. The number of hydrogen-bond donors (Lipinski definition) is 0. The van der Waals surface area contributed by atoms with Crippen LogP contribution in [0, 0.1) is 13.8 Å². The van der Waals surface area contributed by atoms with E-state index in [1.807, 2.05) is 38.1 Å². The minimum Gasteiger partial charge on any atom is -0.497 e. The fourth-order valence-corrected chi connectivity index (χ4v) is 4.57. The molecular formula is C20H22N2O3S2. The first-order valence-electron chi connectivity index (χ1n) is 8.56. The summed E-state index contributed by atoms with van der Waals surface area (Å²) in [5.74, 6) is 2.27. The van der Waals surface area contributed by atoms with Crippen molar-refractivity contribution in [2.24, 2.45) is 0 Å². The zero-order valence-corrected chi connectivity index (χ0v) is 17.3. The van der Waals surface area contributed by atoms with Gasteiger partial charge in [-0.2, -0.15) is 0 Å².